The zero-order chi connectivity index (χ0) is 23.3. The number of pyridine rings is 1. The van der Waals surface area contributed by atoms with Gasteiger partial charge in [-0.3, -0.25) is 0 Å². The third-order valence-corrected chi connectivity index (χ3v) is 5.72. The Morgan fingerprint density at radius 3 is 2.30 bits per heavy atom. The van der Waals surface area contributed by atoms with Crippen molar-refractivity contribution in [2.75, 3.05) is 23.7 Å². The number of amides is 2. The van der Waals surface area contributed by atoms with Crippen molar-refractivity contribution in [3.63, 3.8) is 0 Å². The fourth-order valence-corrected chi connectivity index (χ4v) is 3.66. The maximum absolute atomic E-state index is 13.1. The third-order valence-electron chi connectivity index (χ3n) is 5.72. The van der Waals surface area contributed by atoms with E-state index in [1.165, 1.54) is 11.1 Å². The predicted octanol–water partition coefficient (Wildman–Crippen LogP) is 6.66. The molecule has 33 heavy (non-hydrogen) atoms. The zero-order valence-corrected chi connectivity index (χ0v) is 19.9. The highest BCUT2D eigenvalue weighted by atomic mass is 16.2. The van der Waals surface area contributed by atoms with Gasteiger partial charge in [-0.2, -0.15) is 0 Å². The topological polar surface area (TPSA) is 57.3 Å². The molecule has 5 heteroatoms. The summed E-state index contributed by atoms with van der Waals surface area (Å²) in [6.45, 7) is 6.47. The second kappa shape index (κ2) is 13.3. The summed E-state index contributed by atoms with van der Waals surface area (Å²) in [7, 11) is 0. The average Bonchev–Trinajstić information content (AvgIpc) is 2.85. The van der Waals surface area contributed by atoms with Gasteiger partial charge in [0.25, 0.3) is 0 Å². The smallest absolute Gasteiger partial charge is 0.322 e. The minimum atomic E-state index is -0.0448. The van der Waals surface area contributed by atoms with Crippen LogP contribution in [0.3, 0.4) is 0 Å². The van der Waals surface area contributed by atoms with Gasteiger partial charge in [0.2, 0.25) is 0 Å². The molecule has 0 fully saturated rings. The van der Waals surface area contributed by atoms with Crippen molar-refractivity contribution in [3.05, 3.63) is 89.6 Å². The standard InChI is InChI=1S/C28H36N4O/c1-3-24-15-17-26(18-16-24)31-28(33)32(22-25-13-11-23(2)12-14-25)21-9-5-4-7-19-29-27-10-6-8-20-30-27/h6,8,10-18,20H,3-5,7,9,19,21-22H2,1-2H3,(H,29,30)(H,31,33). The van der Waals surface area contributed by atoms with Crippen molar-refractivity contribution in [2.24, 2.45) is 0 Å². The van der Waals surface area contributed by atoms with Gasteiger partial charge in [-0.1, -0.05) is 67.8 Å². The molecule has 3 rings (SSSR count). The van der Waals surface area contributed by atoms with Gasteiger partial charge in [-0.05, 0) is 61.6 Å². The monoisotopic (exact) mass is 444 g/mol. The zero-order valence-electron chi connectivity index (χ0n) is 19.9. The first-order valence-corrected chi connectivity index (χ1v) is 12.0. The Kier molecular flexibility index (Phi) is 9.77. The Balaban J connectivity index is 1.48. The Labute approximate surface area is 198 Å². The number of anilines is 2. The Morgan fingerprint density at radius 1 is 0.879 bits per heavy atom. The van der Waals surface area contributed by atoms with Crippen LogP contribution in [-0.4, -0.2) is 29.0 Å². The van der Waals surface area contributed by atoms with E-state index in [9.17, 15) is 4.79 Å². The van der Waals surface area contributed by atoms with Crippen molar-refractivity contribution in [3.8, 4) is 0 Å². The molecule has 0 unspecified atom stereocenters. The summed E-state index contributed by atoms with van der Waals surface area (Å²) < 4.78 is 0. The van der Waals surface area contributed by atoms with Gasteiger partial charge in [-0.25, -0.2) is 9.78 Å². The normalized spacial score (nSPS) is 10.6. The number of hydrogen-bond acceptors (Lipinski definition) is 3. The Bertz CT molecular complexity index is 955. The first-order valence-electron chi connectivity index (χ1n) is 12.0. The van der Waals surface area contributed by atoms with Crippen LogP contribution in [0.25, 0.3) is 0 Å². The molecule has 0 aliphatic heterocycles. The summed E-state index contributed by atoms with van der Waals surface area (Å²) in [5, 5.41) is 6.42. The van der Waals surface area contributed by atoms with E-state index in [4.69, 9.17) is 0 Å². The quantitative estimate of drug-likeness (QED) is 0.307. The van der Waals surface area contributed by atoms with Gasteiger partial charge in [0, 0.05) is 31.5 Å². The maximum atomic E-state index is 13.1. The molecule has 5 nitrogen and oxygen atoms in total. The van der Waals surface area contributed by atoms with Crippen LogP contribution in [0.2, 0.25) is 0 Å². The van der Waals surface area contributed by atoms with E-state index >= 15 is 0 Å². The summed E-state index contributed by atoms with van der Waals surface area (Å²) in [6, 6.07) is 22.4. The van der Waals surface area contributed by atoms with Crippen LogP contribution < -0.4 is 10.6 Å². The molecule has 0 saturated carbocycles. The lowest BCUT2D eigenvalue weighted by Crippen LogP contribution is -2.35. The van der Waals surface area contributed by atoms with Crippen LogP contribution in [-0.2, 0) is 13.0 Å². The van der Waals surface area contributed by atoms with Gasteiger partial charge in [0.1, 0.15) is 5.82 Å². The SMILES string of the molecule is CCc1ccc(NC(=O)N(CCCCCCNc2ccccn2)Cc2ccc(C)cc2)cc1. The molecular formula is C28H36N4O. The molecule has 0 bridgehead atoms. The van der Waals surface area contributed by atoms with Crippen molar-refractivity contribution in [1.82, 2.24) is 9.88 Å². The van der Waals surface area contributed by atoms with Crippen molar-refractivity contribution < 1.29 is 4.79 Å². The maximum Gasteiger partial charge on any atom is 0.322 e. The molecule has 0 radical (unpaired) electrons. The first-order chi connectivity index (χ1) is 16.1. The van der Waals surface area contributed by atoms with E-state index < -0.39 is 0 Å². The van der Waals surface area contributed by atoms with E-state index in [2.05, 4.69) is 65.9 Å². The largest absolute Gasteiger partial charge is 0.370 e. The number of aromatic nitrogens is 1. The molecule has 0 saturated heterocycles. The summed E-state index contributed by atoms with van der Waals surface area (Å²) in [4.78, 5) is 19.3. The number of benzene rings is 2. The summed E-state index contributed by atoms with van der Waals surface area (Å²) in [6.07, 6.45) is 7.08. The molecule has 0 spiro atoms. The van der Waals surface area contributed by atoms with E-state index in [-0.39, 0.29) is 6.03 Å². The second-order valence-electron chi connectivity index (χ2n) is 8.44. The number of unbranched alkanes of at least 4 members (excludes halogenated alkanes) is 3. The number of carbonyl (C=O) groups excluding carboxylic acids is 1. The van der Waals surface area contributed by atoms with E-state index in [0.717, 1.165) is 62.3 Å². The van der Waals surface area contributed by atoms with Crippen molar-refractivity contribution in [2.45, 2.75) is 52.5 Å². The van der Waals surface area contributed by atoms with Crippen LogP contribution in [0.4, 0.5) is 16.3 Å². The Morgan fingerprint density at radius 2 is 1.61 bits per heavy atom. The van der Waals surface area contributed by atoms with Crippen LogP contribution in [0.5, 0.6) is 0 Å². The molecule has 2 N–H and O–H groups in total. The van der Waals surface area contributed by atoms with Gasteiger partial charge in [0.15, 0.2) is 0 Å². The highest BCUT2D eigenvalue weighted by Gasteiger charge is 2.14. The van der Waals surface area contributed by atoms with Gasteiger partial charge in [0.05, 0.1) is 0 Å². The first kappa shape index (κ1) is 24.3. The molecule has 2 amide bonds. The van der Waals surface area contributed by atoms with Crippen molar-refractivity contribution in [1.29, 1.82) is 0 Å². The number of carbonyl (C=O) groups is 1. The van der Waals surface area contributed by atoms with Crippen LogP contribution >= 0.6 is 0 Å². The molecule has 1 aromatic heterocycles. The lowest BCUT2D eigenvalue weighted by molar-refractivity contribution is 0.207. The number of aryl methyl sites for hydroxylation is 2. The molecule has 3 aromatic rings. The fraction of sp³-hybridized carbons (Fsp3) is 0.357. The molecule has 174 valence electrons. The highest BCUT2D eigenvalue weighted by Crippen LogP contribution is 2.14. The fourth-order valence-electron chi connectivity index (χ4n) is 3.66. The van der Waals surface area contributed by atoms with E-state index in [0.29, 0.717) is 6.54 Å². The van der Waals surface area contributed by atoms with E-state index in [1.807, 2.05) is 35.2 Å². The average molecular weight is 445 g/mol. The second-order valence-corrected chi connectivity index (χ2v) is 8.44. The van der Waals surface area contributed by atoms with Crippen LogP contribution in [0, 0.1) is 6.92 Å². The molecule has 2 aromatic carbocycles. The number of urea groups is 1. The highest BCUT2D eigenvalue weighted by molar-refractivity contribution is 5.89. The molecule has 0 atom stereocenters. The number of hydrogen-bond donors (Lipinski definition) is 2. The van der Waals surface area contributed by atoms with Crippen molar-refractivity contribution >= 4 is 17.5 Å². The number of nitrogens with zero attached hydrogens (tertiary/aromatic N) is 2. The minimum Gasteiger partial charge on any atom is -0.370 e. The lowest BCUT2D eigenvalue weighted by Gasteiger charge is -2.23. The molecule has 0 aliphatic rings. The number of rotatable bonds is 12. The van der Waals surface area contributed by atoms with Gasteiger partial charge in [-0.15, -0.1) is 0 Å². The van der Waals surface area contributed by atoms with Gasteiger partial charge >= 0.3 is 6.03 Å². The lowest BCUT2D eigenvalue weighted by atomic mass is 10.1. The summed E-state index contributed by atoms with van der Waals surface area (Å²) >= 11 is 0. The predicted molar refractivity (Wildman–Crippen MR) is 138 cm³/mol. The number of nitrogens with one attached hydrogen (secondary N) is 2. The molecule has 0 aliphatic carbocycles. The van der Waals surface area contributed by atoms with Gasteiger partial charge < -0.3 is 15.5 Å². The molecular weight excluding hydrogens is 408 g/mol. The third kappa shape index (κ3) is 8.60. The van der Waals surface area contributed by atoms with E-state index in [1.54, 1.807) is 6.20 Å². The van der Waals surface area contributed by atoms with Crippen LogP contribution in [0.15, 0.2) is 72.9 Å². The Hall–Kier alpha value is -3.34. The molecule has 1 heterocycles. The summed E-state index contributed by atoms with van der Waals surface area (Å²) in [5.74, 6) is 0.922. The minimum absolute atomic E-state index is 0.0448. The summed E-state index contributed by atoms with van der Waals surface area (Å²) in [5.41, 5.74) is 4.48. The van der Waals surface area contributed by atoms with Crippen LogP contribution in [0.1, 0.15) is 49.3 Å².